The van der Waals surface area contributed by atoms with E-state index in [2.05, 4.69) is 10.3 Å². The van der Waals surface area contributed by atoms with Crippen molar-refractivity contribution in [2.75, 3.05) is 23.9 Å². The Hall–Kier alpha value is -2.41. The molecule has 6 nitrogen and oxygen atoms in total. The lowest BCUT2D eigenvalue weighted by molar-refractivity contribution is -0.122. The fourth-order valence-electron chi connectivity index (χ4n) is 2.59. The summed E-state index contributed by atoms with van der Waals surface area (Å²) in [5, 5.41) is 5.22. The molecule has 0 spiro atoms. The number of carbonyl (C=O) groups excluding carboxylic acids is 2. The van der Waals surface area contributed by atoms with E-state index in [1.807, 2.05) is 30.5 Å². The van der Waals surface area contributed by atoms with Crippen LogP contribution in [0.4, 0.5) is 10.8 Å². The summed E-state index contributed by atoms with van der Waals surface area (Å²) in [6, 6.07) is 7.31. The number of aryl methyl sites for hydroxylation is 1. The maximum Gasteiger partial charge on any atom is 0.231 e. The molecule has 120 valence electrons. The lowest BCUT2D eigenvalue weighted by atomic mass is 10.1. The molecule has 7 heteroatoms. The molecule has 1 aromatic heterocycles. The molecule has 1 aliphatic heterocycles. The van der Waals surface area contributed by atoms with E-state index in [9.17, 15) is 9.59 Å². The van der Waals surface area contributed by atoms with Gasteiger partial charge in [0.2, 0.25) is 11.8 Å². The van der Waals surface area contributed by atoms with Crippen LogP contribution in [0, 0.1) is 12.8 Å². The van der Waals surface area contributed by atoms with Crippen molar-refractivity contribution < 1.29 is 14.3 Å². The second-order valence-corrected chi connectivity index (χ2v) is 6.22. The number of nitrogens with zero attached hydrogens (tertiary/aromatic N) is 2. The Kier molecular flexibility index (Phi) is 4.29. The summed E-state index contributed by atoms with van der Waals surface area (Å²) in [6.45, 7) is 2.21. The Labute approximate surface area is 138 Å². The summed E-state index contributed by atoms with van der Waals surface area (Å²) in [5.41, 5.74) is 1.56. The Morgan fingerprint density at radius 3 is 2.91 bits per heavy atom. The molecule has 1 saturated heterocycles. The molecular formula is C16H17N3O3S. The number of carbonyl (C=O) groups is 2. The van der Waals surface area contributed by atoms with Crippen molar-refractivity contribution in [1.82, 2.24) is 4.98 Å². The average Bonchev–Trinajstić information content (AvgIpc) is 3.13. The molecule has 0 aliphatic carbocycles. The highest BCUT2D eigenvalue weighted by Gasteiger charge is 2.36. The van der Waals surface area contributed by atoms with Gasteiger partial charge in [-0.15, -0.1) is 11.3 Å². The minimum Gasteiger partial charge on any atom is -0.495 e. The van der Waals surface area contributed by atoms with Crippen molar-refractivity contribution in [3.05, 3.63) is 35.3 Å². The third kappa shape index (κ3) is 3.19. The maximum absolute atomic E-state index is 12.3. The number of anilines is 2. The van der Waals surface area contributed by atoms with E-state index >= 15 is 0 Å². The van der Waals surface area contributed by atoms with Crippen LogP contribution in [0.1, 0.15) is 12.1 Å². The summed E-state index contributed by atoms with van der Waals surface area (Å²) in [5.74, 6) is -0.0239. The first-order chi connectivity index (χ1) is 11.1. The van der Waals surface area contributed by atoms with Gasteiger partial charge >= 0.3 is 0 Å². The molecule has 0 unspecified atom stereocenters. The first kappa shape index (κ1) is 15.5. The van der Waals surface area contributed by atoms with Gasteiger partial charge in [0.05, 0.1) is 24.4 Å². The standard InChI is InChI=1S/C16H17N3O3S/c1-10-9-23-16(17-10)18-15(21)11-7-14(20)19(8-11)12-5-3-4-6-13(12)22-2/h3-6,9,11H,7-8H2,1-2H3,(H,17,18,21)/t11-/m0/s1. The van der Waals surface area contributed by atoms with Gasteiger partial charge < -0.3 is 15.0 Å². The summed E-state index contributed by atoms with van der Waals surface area (Å²) >= 11 is 1.38. The molecule has 2 heterocycles. The quantitative estimate of drug-likeness (QED) is 0.934. The molecular weight excluding hydrogens is 314 g/mol. The molecule has 3 rings (SSSR count). The minimum atomic E-state index is -0.392. The van der Waals surface area contributed by atoms with Crippen LogP contribution in [0.5, 0.6) is 5.75 Å². The van der Waals surface area contributed by atoms with Crippen molar-refractivity contribution in [1.29, 1.82) is 0 Å². The van der Waals surface area contributed by atoms with Crippen LogP contribution < -0.4 is 15.0 Å². The third-order valence-electron chi connectivity index (χ3n) is 3.72. The van der Waals surface area contributed by atoms with Crippen LogP contribution in [0.3, 0.4) is 0 Å². The monoisotopic (exact) mass is 331 g/mol. The van der Waals surface area contributed by atoms with Crippen LogP contribution in [0.15, 0.2) is 29.6 Å². The van der Waals surface area contributed by atoms with Crippen molar-refractivity contribution in [2.45, 2.75) is 13.3 Å². The lowest BCUT2D eigenvalue weighted by Gasteiger charge is -2.19. The predicted molar refractivity (Wildman–Crippen MR) is 88.9 cm³/mol. The number of ether oxygens (including phenoxy) is 1. The summed E-state index contributed by atoms with van der Waals surface area (Å²) in [7, 11) is 1.56. The van der Waals surface area contributed by atoms with E-state index in [4.69, 9.17) is 4.74 Å². The van der Waals surface area contributed by atoms with Gasteiger partial charge in [-0.1, -0.05) is 12.1 Å². The number of thiazole rings is 1. The normalized spacial score (nSPS) is 17.4. The average molecular weight is 331 g/mol. The highest BCUT2D eigenvalue weighted by Crippen LogP contribution is 2.33. The number of nitrogens with one attached hydrogen (secondary N) is 1. The van der Waals surface area contributed by atoms with Gasteiger partial charge in [-0.2, -0.15) is 0 Å². The molecule has 1 fully saturated rings. The minimum absolute atomic E-state index is 0.0787. The van der Waals surface area contributed by atoms with Gasteiger partial charge in [-0.05, 0) is 19.1 Å². The molecule has 1 atom stereocenters. The van der Waals surface area contributed by atoms with E-state index in [1.54, 1.807) is 18.1 Å². The van der Waals surface area contributed by atoms with Crippen LogP contribution >= 0.6 is 11.3 Å². The first-order valence-electron chi connectivity index (χ1n) is 7.25. The number of aromatic nitrogens is 1. The fraction of sp³-hybridized carbons (Fsp3) is 0.312. The van der Waals surface area contributed by atoms with Gasteiger partial charge in [0.25, 0.3) is 0 Å². The molecule has 1 aliphatic rings. The van der Waals surface area contributed by atoms with Gasteiger partial charge in [-0.3, -0.25) is 9.59 Å². The largest absolute Gasteiger partial charge is 0.495 e. The summed E-state index contributed by atoms with van der Waals surface area (Å²) in [4.78, 5) is 30.5. The number of rotatable bonds is 4. The van der Waals surface area contributed by atoms with Crippen molar-refractivity contribution in [3.63, 3.8) is 0 Å². The van der Waals surface area contributed by atoms with Crippen LogP contribution in [0.25, 0.3) is 0 Å². The highest BCUT2D eigenvalue weighted by atomic mass is 32.1. The van der Waals surface area contributed by atoms with Crippen molar-refractivity contribution >= 4 is 34.0 Å². The summed E-state index contributed by atoms with van der Waals surface area (Å²) in [6.07, 6.45) is 0.189. The Bertz CT molecular complexity index is 744. The summed E-state index contributed by atoms with van der Waals surface area (Å²) < 4.78 is 5.30. The second kappa shape index (κ2) is 6.37. The maximum atomic E-state index is 12.3. The Morgan fingerprint density at radius 2 is 2.22 bits per heavy atom. The van der Waals surface area contributed by atoms with Crippen LogP contribution in [-0.2, 0) is 9.59 Å². The third-order valence-corrected chi connectivity index (χ3v) is 4.60. The molecule has 0 bridgehead atoms. The zero-order valence-electron chi connectivity index (χ0n) is 12.9. The topological polar surface area (TPSA) is 71.5 Å². The first-order valence-corrected chi connectivity index (χ1v) is 8.13. The highest BCUT2D eigenvalue weighted by molar-refractivity contribution is 7.13. The molecule has 0 saturated carbocycles. The molecule has 1 aromatic carbocycles. The van der Waals surface area contributed by atoms with Crippen molar-refractivity contribution in [2.24, 2.45) is 5.92 Å². The Morgan fingerprint density at radius 1 is 1.43 bits per heavy atom. The van der Waals surface area contributed by atoms with E-state index < -0.39 is 5.92 Å². The molecule has 23 heavy (non-hydrogen) atoms. The van der Waals surface area contributed by atoms with E-state index in [0.717, 1.165) is 5.69 Å². The number of amides is 2. The molecule has 0 radical (unpaired) electrons. The van der Waals surface area contributed by atoms with Gasteiger partial charge in [-0.25, -0.2) is 4.98 Å². The van der Waals surface area contributed by atoms with Gasteiger partial charge in [0, 0.05) is 18.3 Å². The van der Waals surface area contributed by atoms with Gasteiger partial charge in [0.1, 0.15) is 5.75 Å². The molecule has 2 aromatic rings. The van der Waals surface area contributed by atoms with Gasteiger partial charge in [0.15, 0.2) is 5.13 Å². The van der Waals surface area contributed by atoms with Crippen molar-refractivity contribution in [3.8, 4) is 5.75 Å². The zero-order chi connectivity index (χ0) is 16.4. The smallest absolute Gasteiger partial charge is 0.231 e. The fourth-order valence-corrected chi connectivity index (χ4v) is 3.28. The second-order valence-electron chi connectivity index (χ2n) is 5.36. The van der Waals surface area contributed by atoms with Crippen LogP contribution in [-0.4, -0.2) is 30.5 Å². The Balaban J connectivity index is 1.73. The number of hydrogen-bond acceptors (Lipinski definition) is 5. The zero-order valence-corrected chi connectivity index (χ0v) is 13.7. The molecule has 1 N–H and O–H groups in total. The number of benzene rings is 1. The SMILES string of the molecule is COc1ccccc1N1C[C@@H](C(=O)Nc2nc(C)cs2)CC1=O. The van der Waals surface area contributed by atoms with Crippen LogP contribution in [0.2, 0.25) is 0 Å². The lowest BCUT2D eigenvalue weighted by Crippen LogP contribution is -2.28. The number of methoxy groups -OCH3 is 1. The van der Waals surface area contributed by atoms with E-state index in [0.29, 0.717) is 23.1 Å². The number of para-hydroxylation sites is 2. The van der Waals surface area contributed by atoms with E-state index in [-0.39, 0.29) is 18.2 Å². The molecule has 2 amide bonds. The predicted octanol–water partition coefficient (Wildman–Crippen LogP) is 2.45. The van der Waals surface area contributed by atoms with E-state index in [1.165, 1.54) is 11.3 Å². The number of hydrogen-bond donors (Lipinski definition) is 1.